The SMILES string of the molecule is COc1ccc(-n2c(C)cc(C(=O)CSc3nc4cc(Cl)ccc4s3)c2C)cc1. The maximum Gasteiger partial charge on any atom is 0.174 e. The number of hydrogen-bond acceptors (Lipinski definition) is 5. The van der Waals surface area contributed by atoms with Crippen molar-refractivity contribution >= 4 is 50.7 Å². The predicted octanol–water partition coefficient (Wildman–Crippen LogP) is 6.34. The number of methoxy groups -OCH3 is 1. The average Bonchev–Trinajstić information content (AvgIpc) is 3.25. The molecule has 4 rings (SSSR count). The Kier molecular flexibility index (Phi) is 5.67. The van der Waals surface area contributed by atoms with E-state index in [4.69, 9.17) is 16.3 Å². The van der Waals surface area contributed by atoms with E-state index in [-0.39, 0.29) is 5.78 Å². The van der Waals surface area contributed by atoms with Crippen molar-refractivity contribution in [2.45, 2.75) is 18.2 Å². The minimum atomic E-state index is 0.0974. The van der Waals surface area contributed by atoms with Crippen LogP contribution in [0.5, 0.6) is 5.75 Å². The predicted molar refractivity (Wildman–Crippen MR) is 121 cm³/mol. The standard InChI is InChI=1S/C22H19ClN2O2S2/c1-13-10-18(14(2)25(13)16-5-7-17(27-3)8-6-16)20(26)12-28-22-24-19-11-15(23)4-9-21(19)29-22/h4-11H,12H2,1-3H3. The van der Waals surface area contributed by atoms with Crippen molar-refractivity contribution < 1.29 is 9.53 Å². The number of Topliss-reactive ketones (excluding diaryl/α,β-unsaturated/α-hetero) is 1. The summed E-state index contributed by atoms with van der Waals surface area (Å²) in [6.07, 6.45) is 0. The number of carbonyl (C=O) groups excluding carboxylic acids is 1. The van der Waals surface area contributed by atoms with E-state index >= 15 is 0 Å². The molecule has 0 saturated carbocycles. The van der Waals surface area contributed by atoms with Gasteiger partial charge in [0, 0.05) is 27.7 Å². The maximum absolute atomic E-state index is 12.9. The number of aryl methyl sites for hydroxylation is 1. The zero-order valence-electron chi connectivity index (χ0n) is 16.2. The third kappa shape index (κ3) is 4.06. The smallest absolute Gasteiger partial charge is 0.174 e. The highest BCUT2D eigenvalue weighted by molar-refractivity contribution is 8.01. The van der Waals surface area contributed by atoms with Gasteiger partial charge in [-0.25, -0.2) is 4.98 Å². The number of ether oxygens (including phenoxy) is 1. The Bertz CT molecular complexity index is 1200. The normalized spacial score (nSPS) is 11.2. The second-order valence-electron chi connectivity index (χ2n) is 6.62. The van der Waals surface area contributed by atoms with Crippen LogP contribution in [0, 0.1) is 13.8 Å². The first kappa shape index (κ1) is 20.0. The average molecular weight is 443 g/mol. The van der Waals surface area contributed by atoms with Gasteiger partial charge in [-0.3, -0.25) is 4.79 Å². The van der Waals surface area contributed by atoms with Crippen LogP contribution in [0.15, 0.2) is 52.9 Å². The largest absolute Gasteiger partial charge is 0.497 e. The number of rotatable bonds is 6. The Morgan fingerprint density at radius 3 is 2.66 bits per heavy atom. The van der Waals surface area contributed by atoms with E-state index in [0.29, 0.717) is 10.8 Å². The van der Waals surface area contributed by atoms with E-state index in [2.05, 4.69) is 9.55 Å². The second-order valence-corrected chi connectivity index (χ2v) is 9.31. The van der Waals surface area contributed by atoms with Crippen LogP contribution >= 0.6 is 34.7 Å². The lowest BCUT2D eigenvalue weighted by Crippen LogP contribution is -2.05. The Hall–Kier alpha value is -2.28. The van der Waals surface area contributed by atoms with Crippen LogP contribution in [0.3, 0.4) is 0 Å². The summed E-state index contributed by atoms with van der Waals surface area (Å²) < 4.78 is 9.27. The van der Waals surface area contributed by atoms with Crippen LogP contribution in [0.2, 0.25) is 5.02 Å². The number of thiazole rings is 1. The first-order valence-corrected chi connectivity index (χ1v) is 11.2. The van der Waals surface area contributed by atoms with Gasteiger partial charge < -0.3 is 9.30 Å². The number of halogens is 1. The molecule has 0 bridgehead atoms. The highest BCUT2D eigenvalue weighted by Gasteiger charge is 2.18. The van der Waals surface area contributed by atoms with E-state index in [9.17, 15) is 4.79 Å². The summed E-state index contributed by atoms with van der Waals surface area (Å²) in [5.41, 5.74) is 4.59. The van der Waals surface area contributed by atoms with E-state index < -0.39 is 0 Å². The first-order chi connectivity index (χ1) is 14.0. The van der Waals surface area contributed by atoms with Gasteiger partial charge in [-0.2, -0.15) is 0 Å². The highest BCUT2D eigenvalue weighted by Crippen LogP contribution is 2.32. The third-order valence-corrected chi connectivity index (χ3v) is 7.13. The van der Waals surface area contributed by atoms with Crippen molar-refractivity contribution in [1.29, 1.82) is 0 Å². The molecule has 0 unspecified atom stereocenters. The molecule has 0 atom stereocenters. The Morgan fingerprint density at radius 2 is 1.93 bits per heavy atom. The van der Waals surface area contributed by atoms with Crippen molar-refractivity contribution in [3.8, 4) is 11.4 Å². The van der Waals surface area contributed by atoms with Crippen molar-refractivity contribution in [1.82, 2.24) is 9.55 Å². The number of hydrogen-bond donors (Lipinski definition) is 0. The van der Waals surface area contributed by atoms with Gasteiger partial charge in [-0.05, 0) is 62.4 Å². The van der Waals surface area contributed by atoms with E-state index in [1.807, 2.05) is 62.4 Å². The van der Waals surface area contributed by atoms with Crippen LogP contribution in [-0.4, -0.2) is 28.2 Å². The van der Waals surface area contributed by atoms with E-state index in [0.717, 1.165) is 42.9 Å². The summed E-state index contributed by atoms with van der Waals surface area (Å²) in [6.45, 7) is 3.99. The lowest BCUT2D eigenvalue weighted by molar-refractivity contribution is 0.102. The van der Waals surface area contributed by atoms with Crippen LogP contribution < -0.4 is 4.74 Å². The summed E-state index contributed by atoms with van der Waals surface area (Å²) in [6, 6.07) is 15.5. The lowest BCUT2D eigenvalue weighted by Gasteiger charge is -2.10. The van der Waals surface area contributed by atoms with Gasteiger partial charge in [0.1, 0.15) is 5.75 Å². The van der Waals surface area contributed by atoms with Crippen LogP contribution in [0.4, 0.5) is 0 Å². The summed E-state index contributed by atoms with van der Waals surface area (Å²) in [5.74, 6) is 1.25. The van der Waals surface area contributed by atoms with E-state index in [1.165, 1.54) is 11.8 Å². The minimum Gasteiger partial charge on any atom is -0.497 e. The zero-order valence-corrected chi connectivity index (χ0v) is 18.6. The summed E-state index contributed by atoms with van der Waals surface area (Å²) in [4.78, 5) is 17.5. The first-order valence-electron chi connectivity index (χ1n) is 9.01. The number of carbonyl (C=O) groups is 1. The third-order valence-electron chi connectivity index (χ3n) is 4.72. The number of nitrogens with zero attached hydrogens (tertiary/aromatic N) is 2. The number of thioether (sulfide) groups is 1. The zero-order chi connectivity index (χ0) is 20.5. The fourth-order valence-corrected chi connectivity index (χ4v) is 5.42. The van der Waals surface area contributed by atoms with Crippen molar-refractivity contribution in [3.63, 3.8) is 0 Å². The molecule has 0 N–H and O–H groups in total. The molecule has 0 aliphatic carbocycles. The second kappa shape index (κ2) is 8.22. The molecule has 0 saturated heterocycles. The molecule has 4 aromatic rings. The van der Waals surface area contributed by atoms with Gasteiger partial charge in [-0.15, -0.1) is 11.3 Å². The highest BCUT2D eigenvalue weighted by atomic mass is 35.5. The van der Waals surface area contributed by atoms with Crippen LogP contribution in [0.1, 0.15) is 21.7 Å². The van der Waals surface area contributed by atoms with Gasteiger partial charge in [0.15, 0.2) is 10.1 Å². The fourth-order valence-electron chi connectivity index (χ4n) is 3.32. The molecular formula is C22H19ClN2O2S2. The Labute approximate surface area is 182 Å². The van der Waals surface area contributed by atoms with Crippen molar-refractivity contribution in [2.75, 3.05) is 12.9 Å². The summed E-state index contributed by atoms with van der Waals surface area (Å²) in [7, 11) is 1.65. The van der Waals surface area contributed by atoms with Crippen molar-refractivity contribution in [2.24, 2.45) is 0 Å². The molecule has 29 heavy (non-hydrogen) atoms. The fraction of sp³-hybridized carbons (Fsp3) is 0.182. The molecule has 0 spiro atoms. The molecule has 2 aromatic heterocycles. The van der Waals surface area contributed by atoms with Crippen LogP contribution in [-0.2, 0) is 0 Å². The Morgan fingerprint density at radius 1 is 1.17 bits per heavy atom. The maximum atomic E-state index is 12.9. The summed E-state index contributed by atoms with van der Waals surface area (Å²) >= 11 is 9.08. The molecule has 0 aliphatic heterocycles. The van der Waals surface area contributed by atoms with Gasteiger partial charge in [0.05, 0.1) is 23.1 Å². The molecule has 0 amide bonds. The molecule has 148 valence electrons. The topological polar surface area (TPSA) is 44.1 Å². The van der Waals surface area contributed by atoms with E-state index in [1.54, 1.807) is 18.4 Å². The molecule has 2 aromatic carbocycles. The van der Waals surface area contributed by atoms with Gasteiger partial charge in [-0.1, -0.05) is 23.4 Å². The molecule has 0 fully saturated rings. The molecule has 2 heterocycles. The molecule has 4 nitrogen and oxygen atoms in total. The van der Waals surface area contributed by atoms with Crippen molar-refractivity contribution in [3.05, 3.63) is 70.5 Å². The lowest BCUT2D eigenvalue weighted by atomic mass is 10.2. The molecule has 0 aliphatic rings. The monoisotopic (exact) mass is 442 g/mol. The van der Waals surface area contributed by atoms with Gasteiger partial charge in [0.25, 0.3) is 0 Å². The molecule has 0 radical (unpaired) electrons. The quantitative estimate of drug-likeness (QED) is 0.258. The Balaban J connectivity index is 1.53. The molecule has 7 heteroatoms. The number of ketones is 1. The molecular weight excluding hydrogens is 424 g/mol. The van der Waals surface area contributed by atoms with Crippen LogP contribution in [0.25, 0.3) is 15.9 Å². The number of aromatic nitrogens is 2. The summed E-state index contributed by atoms with van der Waals surface area (Å²) in [5, 5.41) is 0.668. The van der Waals surface area contributed by atoms with Gasteiger partial charge in [0.2, 0.25) is 0 Å². The number of benzene rings is 2. The van der Waals surface area contributed by atoms with Gasteiger partial charge >= 0.3 is 0 Å². The minimum absolute atomic E-state index is 0.0974. The number of fused-ring (bicyclic) bond motifs is 1.